The highest BCUT2D eigenvalue weighted by molar-refractivity contribution is 9.10. The molecule has 0 aliphatic rings. The minimum absolute atomic E-state index is 0.0934. The summed E-state index contributed by atoms with van der Waals surface area (Å²) < 4.78 is 43.0. The van der Waals surface area contributed by atoms with Crippen LogP contribution < -0.4 is 5.32 Å². The summed E-state index contributed by atoms with van der Waals surface area (Å²) >= 11 is 8.69. The molecule has 1 atom stereocenters. The average molecular weight is 375 g/mol. The fraction of sp³-hybridized carbons (Fsp3) is 0.417. The topological polar surface area (TPSA) is 38.3 Å². The monoisotopic (exact) mass is 373 g/mol. The van der Waals surface area contributed by atoms with Gasteiger partial charge in [-0.1, -0.05) is 0 Å². The number of methoxy groups -OCH3 is 1. The Hall–Kier alpha value is -0.790. The molecule has 1 aromatic carbocycles. The van der Waals surface area contributed by atoms with Crippen molar-refractivity contribution in [2.75, 3.05) is 19.6 Å². The molecule has 0 aliphatic carbocycles. The average Bonchev–Trinajstić information content (AvgIpc) is 2.37. The first-order valence-electron chi connectivity index (χ1n) is 5.52. The highest BCUT2D eigenvalue weighted by Crippen LogP contribution is 2.31. The van der Waals surface area contributed by atoms with Crippen LogP contribution in [0.1, 0.15) is 15.9 Å². The summed E-state index contributed by atoms with van der Waals surface area (Å²) in [6, 6.07) is 2.40. The summed E-state index contributed by atoms with van der Waals surface area (Å²) in [5, 5.41) is 2.51. The lowest BCUT2D eigenvalue weighted by atomic mass is 10.1. The predicted molar refractivity (Wildman–Crippen MR) is 73.0 cm³/mol. The van der Waals surface area contributed by atoms with Crippen LogP contribution in [0.2, 0.25) is 0 Å². The van der Waals surface area contributed by atoms with E-state index in [0.29, 0.717) is 0 Å². The molecule has 112 valence electrons. The van der Waals surface area contributed by atoms with Gasteiger partial charge in [0.15, 0.2) is 0 Å². The van der Waals surface area contributed by atoms with Gasteiger partial charge in [-0.2, -0.15) is 13.2 Å². The van der Waals surface area contributed by atoms with Gasteiger partial charge in [0.05, 0.1) is 23.8 Å². The fourth-order valence-electron chi connectivity index (χ4n) is 1.46. The summed E-state index contributed by atoms with van der Waals surface area (Å²) in [5.41, 5.74) is -0.994. The van der Waals surface area contributed by atoms with E-state index in [9.17, 15) is 18.0 Å². The quantitative estimate of drug-likeness (QED) is 0.802. The summed E-state index contributed by atoms with van der Waals surface area (Å²) in [6.45, 7) is 0.172. The number of halogens is 5. The smallest absolute Gasteiger partial charge is 0.383 e. The van der Waals surface area contributed by atoms with Crippen molar-refractivity contribution >= 4 is 33.4 Å². The molecule has 0 saturated carbocycles. The van der Waals surface area contributed by atoms with Gasteiger partial charge in [0, 0.05) is 17.5 Å². The number of ether oxygens (including phenoxy) is 1. The molecule has 8 heteroatoms. The summed E-state index contributed by atoms with van der Waals surface area (Å²) in [4.78, 5) is 12.0. The molecule has 0 aliphatic heterocycles. The maximum Gasteiger partial charge on any atom is 0.416 e. The van der Waals surface area contributed by atoms with Crippen molar-refractivity contribution in [3.05, 3.63) is 33.8 Å². The Morgan fingerprint density at radius 1 is 1.50 bits per heavy atom. The number of alkyl halides is 4. The molecular weight excluding hydrogens is 362 g/mol. The molecule has 20 heavy (non-hydrogen) atoms. The zero-order chi connectivity index (χ0) is 15.3. The Balaban J connectivity index is 2.97. The number of rotatable bonds is 5. The van der Waals surface area contributed by atoms with Crippen LogP contribution in [-0.4, -0.2) is 31.5 Å². The fourth-order valence-corrected chi connectivity index (χ4v) is 2.06. The SMILES string of the molecule is COCC(CCl)NC(=O)c1cc(C(F)(F)F)ccc1Br. The zero-order valence-electron chi connectivity index (χ0n) is 10.4. The lowest BCUT2D eigenvalue weighted by Crippen LogP contribution is -2.39. The maximum absolute atomic E-state index is 12.6. The normalized spacial score (nSPS) is 13.1. The number of carbonyl (C=O) groups is 1. The first-order chi connectivity index (χ1) is 9.29. The lowest BCUT2D eigenvalue weighted by molar-refractivity contribution is -0.137. The molecule has 1 unspecified atom stereocenters. The number of amides is 1. The molecule has 0 heterocycles. The highest BCUT2D eigenvalue weighted by atomic mass is 79.9. The van der Waals surface area contributed by atoms with E-state index in [1.807, 2.05) is 0 Å². The van der Waals surface area contributed by atoms with E-state index in [2.05, 4.69) is 21.2 Å². The van der Waals surface area contributed by atoms with Gasteiger partial charge in [-0.15, -0.1) is 11.6 Å². The van der Waals surface area contributed by atoms with Gasteiger partial charge in [0.1, 0.15) is 0 Å². The number of hydrogen-bond acceptors (Lipinski definition) is 2. The lowest BCUT2D eigenvalue weighted by Gasteiger charge is -2.16. The molecule has 0 saturated heterocycles. The van der Waals surface area contributed by atoms with Crippen LogP contribution in [0.25, 0.3) is 0 Å². The number of nitrogens with one attached hydrogen (secondary N) is 1. The van der Waals surface area contributed by atoms with Gasteiger partial charge in [-0.3, -0.25) is 4.79 Å². The molecule has 1 rings (SSSR count). The van der Waals surface area contributed by atoms with Gasteiger partial charge in [0.2, 0.25) is 0 Å². The molecular formula is C12H12BrClF3NO2. The van der Waals surface area contributed by atoms with Crippen LogP contribution in [-0.2, 0) is 10.9 Å². The first-order valence-corrected chi connectivity index (χ1v) is 6.84. The van der Waals surface area contributed by atoms with Gasteiger partial charge < -0.3 is 10.1 Å². The zero-order valence-corrected chi connectivity index (χ0v) is 12.8. The Morgan fingerprint density at radius 3 is 2.65 bits per heavy atom. The number of hydrogen-bond donors (Lipinski definition) is 1. The third-order valence-electron chi connectivity index (χ3n) is 2.43. The standard InChI is InChI=1S/C12H12BrClF3NO2/c1-20-6-8(5-14)18-11(19)9-4-7(12(15,16)17)2-3-10(9)13/h2-4,8H,5-6H2,1H3,(H,18,19). The number of carbonyl (C=O) groups excluding carboxylic acids is 1. The second-order valence-electron chi connectivity index (χ2n) is 3.97. The van der Waals surface area contributed by atoms with Crippen molar-refractivity contribution in [2.45, 2.75) is 12.2 Å². The van der Waals surface area contributed by atoms with Crippen molar-refractivity contribution < 1.29 is 22.7 Å². The van der Waals surface area contributed by atoms with Crippen LogP contribution in [0.4, 0.5) is 13.2 Å². The van der Waals surface area contributed by atoms with Crippen LogP contribution in [0.15, 0.2) is 22.7 Å². The van der Waals surface area contributed by atoms with E-state index in [4.69, 9.17) is 16.3 Å². The van der Waals surface area contributed by atoms with Gasteiger partial charge in [-0.05, 0) is 34.1 Å². The Bertz CT molecular complexity index is 482. The molecule has 1 aromatic rings. The minimum Gasteiger partial charge on any atom is -0.383 e. The minimum atomic E-state index is -4.51. The molecule has 0 aromatic heterocycles. The highest BCUT2D eigenvalue weighted by Gasteiger charge is 2.31. The van der Waals surface area contributed by atoms with Crippen LogP contribution in [0.3, 0.4) is 0 Å². The first kappa shape index (κ1) is 17.3. The second-order valence-corrected chi connectivity index (χ2v) is 5.14. The van der Waals surface area contributed by atoms with Gasteiger partial charge in [0.25, 0.3) is 5.91 Å². The van der Waals surface area contributed by atoms with Crippen molar-refractivity contribution in [2.24, 2.45) is 0 Å². The van der Waals surface area contributed by atoms with Crippen molar-refractivity contribution in [3.63, 3.8) is 0 Å². The van der Waals surface area contributed by atoms with Crippen molar-refractivity contribution in [1.82, 2.24) is 5.32 Å². The molecule has 1 N–H and O–H groups in total. The van der Waals surface area contributed by atoms with E-state index >= 15 is 0 Å². The Labute approximate surface area is 127 Å². The van der Waals surface area contributed by atoms with Crippen LogP contribution >= 0.6 is 27.5 Å². The van der Waals surface area contributed by atoms with E-state index in [1.165, 1.54) is 13.2 Å². The summed E-state index contributed by atoms with van der Waals surface area (Å²) in [6.07, 6.45) is -4.51. The molecule has 0 bridgehead atoms. The molecule has 0 spiro atoms. The van der Waals surface area contributed by atoms with E-state index in [0.717, 1.165) is 12.1 Å². The third kappa shape index (κ3) is 4.64. The molecule has 0 fully saturated rings. The Kier molecular flexibility index (Phi) is 6.29. The van der Waals surface area contributed by atoms with E-state index < -0.39 is 23.7 Å². The summed E-state index contributed by atoms with van der Waals surface area (Å²) in [7, 11) is 1.44. The number of benzene rings is 1. The maximum atomic E-state index is 12.6. The molecule has 1 amide bonds. The largest absolute Gasteiger partial charge is 0.416 e. The third-order valence-corrected chi connectivity index (χ3v) is 3.49. The Morgan fingerprint density at radius 2 is 2.15 bits per heavy atom. The van der Waals surface area contributed by atoms with Gasteiger partial charge >= 0.3 is 6.18 Å². The van der Waals surface area contributed by atoms with Crippen molar-refractivity contribution in [3.8, 4) is 0 Å². The van der Waals surface area contributed by atoms with Gasteiger partial charge in [-0.25, -0.2) is 0 Å². The predicted octanol–water partition coefficient (Wildman–Crippen LogP) is 3.45. The molecule has 0 radical (unpaired) electrons. The second kappa shape index (κ2) is 7.28. The van der Waals surface area contributed by atoms with E-state index in [1.54, 1.807) is 0 Å². The molecule has 3 nitrogen and oxygen atoms in total. The van der Waals surface area contributed by atoms with Crippen LogP contribution in [0.5, 0.6) is 0 Å². The van der Waals surface area contributed by atoms with Crippen molar-refractivity contribution in [1.29, 1.82) is 0 Å². The summed E-state index contributed by atoms with van der Waals surface area (Å²) in [5.74, 6) is -0.554. The van der Waals surface area contributed by atoms with E-state index in [-0.39, 0.29) is 22.5 Å². The van der Waals surface area contributed by atoms with Crippen LogP contribution in [0, 0.1) is 0 Å².